The highest BCUT2D eigenvalue weighted by Crippen LogP contribution is 2.37. The van der Waals surface area contributed by atoms with Crippen molar-refractivity contribution in [2.24, 2.45) is 9.98 Å². The fourth-order valence-electron chi connectivity index (χ4n) is 4.71. The monoisotopic (exact) mass is 488 g/mol. The molecule has 2 aromatic rings. The minimum atomic E-state index is -0.0126. The van der Waals surface area contributed by atoms with Crippen molar-refractivity contribution in [3.05, 3.63) is 58.7 Å². The molecular formula is C32H48N4. The molecule has 0 aromatic heterocycles. The Labute approximate surface area is 220 Å². The lowest BCUT2D eigenvalue weighted by Crippen LogP contribution is -2.51. The lowest BCUT2D eigenvalue weighted by Gasteiger charge is -2.35. The number of benzene rings is 2. The van der Waals surface area contributed by atoms with E-state index in [1.165, 1.54) is 22.3 Å². The third kappa shape index (κ3) is 6.02. The molecule has 1 saturated heterocycles. The molecule has 0 atom stereocenters. The average Bonchev–Trinajstić information content (AvgIpc) is 2.76. The molecule has 196 valence electrons. The lowest BCUT2D eigenvalue weighted by molar-refractivity contribution is 0.386. The van der Waals surface area contributed by atoms with Gasteiger partial charge in [-0.05, 0) is 51.0 Å². The lowest BCUT2D eigenvalue weighted by atomic mass is 9.81. The van der Waals surface area contributed by atoms with Crippen LogP contribution in [0.5, 0.6) is 0 Å². The third-order valence-electron chi connectivity index (χ3n) is 7.15. The van der Waals surface area contributed by atoms with Gasteiger partial charge >= 0.3 is 0 Å². The van der Waals surface area contributed by atoms with Gasteiger partial charge < -0.3 is 9.80 Å². The molecule has 0 radical (unpaired) electrons. The highest BCUT2D eigenvalue weighted by atomic mass is 15.3. The van der Waals surface area contributed by atoms with Crippen LogP contribution in [-0.2, 0) is 10.8 Å². The Kier molecular flexibility index (Phi) is 8.07. The number of para-hydroxylation sites is 1. The largest absolute Gasteiger partial charge is 0.355 e. The van der Waals surface area contributed by atoms with Gasteiger partial charge in [0, 0.05) is 27.2 Å². The topological polar surface area (TPSA) is 31.2 Å². The number of hydrogen-bond acceptors (Lipinski definition) is 2. The number of rotatable bonds is 4. The number of likely N-dealkylation sites (N-methyl/N-ethyl adjacent to an activating group) is 2. The average molecular weight is 489 g/mol. The third-order valence-corrected chi connectivity index (χ3v) is 7.15. The zero-order chi connectivity index (χ0) is 27.0. The van der Waals surface area contributed by atoms with Crippen molar-refractivity contribution in [2.75, 3.05) is 27.2 Å². The van der Waals surface area contributed by atoms with Crippen molar-refractivity contribution in [1.29, 1.82) is 0 Å². The van der Waals surface area contributed by atoms with Crippen molar-refractivity contribution in [3.63, 3.8) is 0 Å². The molecule has 0 unspecified atom stereocenters. The number of amidine groups is 2. The fraction of sp³-hybridized carbons (Fsp3) is 0.562. The SMILES string of the molecule is CC(C)c1cccc(C(C)C)c1N=C1C(=Nc2cc(C(C)(C)C)ccc2C(C)(C)C)N(C)CCN1C. The molecule has 2 aromatic carbocycles. The first-order valence-corrected chi connectivity index (χ1v) is 13.5. The molecule has 0 spiro atoms. The van der Waals surface area contributed by atoms with Gasteiger partial charge in [-0.3, -0.25) is 0 Å². The number of nitrogens with zero attached hydrogens (tertiary/aromatic N) is 4. The Bertz CT molecular complexity index is 1110. The summed E-state index contributed by atoms with van der Waals surface area (Å²) >= 11 is 0. The molecule has 1 fully saturated rings. The fourth-order valence-corrected chi connectivity index (χ4v) is 4.71. The van der Waals surface area contributed by atoms with Gasteiger partial charge in [-0.15, -0.1) is 0 Å². The van der Waals surface area contributed by atoms with Crippen molar-refractivity contribution < 1.29 is 0 Å². The first-order valence-electron chi connectivity index (χ1n) is 13.5. The van der Waals surface area contributed by atoms with Crippen molar-refractivity contribution in [1.82, 2.24) is 9.80 Å². The quantitative estimate of drug-likeness (QED) is 0.434. The van der Waals surface area contributed by atoms with Crippen LogP contribution in [-0.4, -0.2) is 48.7 Å². The molecule has 0 amide bonds. The van der Waals surface area contributed by atoms with E-state index in [1.54, 1.807) is 0 Å². The molecule has 0 aliphatic carbocycles. The predicted octanol–water partition coefficient (Wildman–Crippen LogP) is 8.17. The van der Waals surface area contributed by atoms with Crippen molar-refractivity contribution >= 4 is 23.0 Å². The summed E-state index contributed by atoms with van der Waals surface area (Å²) in [6.07, 6.45) is 0. The normalized spacial score (nSPS) is 17.7. The summed E-state index contributed by atoms with van der Waals surface area (Å²) in [5.41, 5.74) is 7.33. The zero-order valence-electron chi connectivity index (χ0n) is 24.8. The molecule has 4 nitrogen and oxygen atoms in total. The van der Waals surface area contributed by atoms with Crippen molar-refractivity contribution in [3.8, 4) is 0 Å². The van der Waals surface area contributed by atoms with Crippen LogP contribution >= 0.6 is 0 Å². The minimum absolute atomic E-state index is 0.0126. The van der Waals surface area contributed by atoms with Crippen LogP contribution in [0, 0.1) is 0 Å². The molecular weight excluding hydrogens is 440 g/mol. The number of hydrogen-bond donors (Lipinski definition) is 0. The van der Waals surface area contributed by atoms with E-state index >= 15 is 0 Å². The Morgan fingerprint density at radius 2 is 1.19 bits per heavy atom. The molecule has 3 rings (SSSR count). The Morgan fingerprint density at radius 1 is 0.694 bits per heavy atom. The van der Waals surface area contributed by atoms with Crippen LogP contribution in [0.1, 0.15) is 103 Å². The molecule has 1 aliphatic heterocycles. The predicted molar refractivity (Wildman–Crippen MR) is 158 cm³/mol. The highest BCUT2D eigenvalue weighted by molar-refractivity contribution is 6.41. The van der Waals surface area contributed by atoms with Gasteiger partial charge in [-0.1, -0.05) is 99.6 Å². The maximum Gasteiger partial charge on any atom is 0.172 e. The first-order chi connectivity index (χ1) is 16.6. The summed E-state index contributed by atoms with van der Waals surface area (Å²) in [5, 5.41) is 0. The van der Waals surface area contributed by atoms with Gasteiger partial charge in [0.1, 0.15) is 0 Å². The zero-order valence-corrected chi connectivity index (χ0v) is 24.8. The van der Waals surface area contributed by atoms with Crippen LogP contribution < -0.4 is 0 Å². The Balaban J connectivity index is 2.31. The molecule has 1 heterocycles. The van der Waals surface area contributed by atoms with Gasteiger partial charge in [-0.25, -0.2) is 9.98 Å². The van der Waals surface area contributed by atoms with Crippen LogP contribution in [0.2, 0.25) is 0 Å². The van der Waals surface area contributed by atoms with E-state index in [-0.39, 0.29) is 10.8 Å². The maximum atomic E-state index is 5.40. The number of piperazine rings is 1. The molecule has 0 saturated carbocycles. The summed E-state index contributed by atoms with van der Waals surface area (Å²) < 4.78 is 0. The van der Waals surface area contributed by atoms with E-state index in [0.717, 1.165) is 36.1 Å². The molecule has 36 heavy (non-hydrogen) atoms. The first kappa shape index (κ1) is 28.0. The van der Waals surface area contributed by atoms with E-state index in [9.17, 15) is 0 Å². The van der Waals surface area contributed by atoms with Crippen LogP contribution in [0.25, 0.3) is 0 Å². The van der Waals surface area contributed by atoms with Gasteiger partial charge in [0.15, 0.2) is 11.7 Å². The van der Waals surface area contributed by atoms with Gasteiger partial charge in [-0.2, -0.15) is 0 Å². The molecule has 1 aliphatic rings. The smallest absolute Gasteiger partial charge is 0.172 e. The van der Waals surface area contributed by atoms with Crippen LogP contribution in [0.4, 0.5) is 11.4 Å². The summed E-state index contributed by atoms with van der Waals surface area (Å²) in [6.45, 7) is 24.4. The molecule has 4 heteroatoms. The standard InChI is InChI=1S/C32H48N4/c1-21(2)24-14-13-15-25(22(3)4)28(24)34-30-29(35(11)18-19-36(30)12)33-27-20-23(31(5,6)7)16-17-26(27)32(8,9)10/h13-17,20-22H,18-19H2,1-12H3. The van der Waals surface area contributed by atoms with Gasteiger partial charge in [0.2, 0.25) is 0 Å². The second kappa shape index (κ2) is 10.4. The summed E-state index contributed by atoms with van der Waals surface area (Å²) in [4.78, 5) is 15.3. The van der Waals surface area contributed by atoms with E-state index < -0.39 is 0 Å². The van der Waals surface area contributed by atoms with E-state index in [0.29, 0.717) is 11.8 Å². The Morgan fingerprint density at radius 3 is 1.64 bits per heavy atom. The van der Waals surface area contributed by atoms with E-state index in [4.69, 9.17) is 9.98 Å². The summed E-state index contributed by atoms with van der Waals surface area (Å²) in [7, 11) is 4.29. The summed E-state index contributed by atoms with van der Waals surface area (Å²) in [5.74, 6) is 2.67. The van der Waals surface area contributed by atoms with Gasteiger partial charge in [0.05, 0.1) is 11.4 Å². The Hall–Kier alpha value is -2.62. The van der Waals surface area contributed by atoms with Crippen LogP contribution in [0.3, 0.4) is 0 Å². The van der Waals surface area contributed by atoms with Gasteiger partial charge in [0.25, 0.3) is 0 Å². The number of aliphatic imine (C=N–C) groups is 2. The molecule has 0 N–H and O–H groups in total. The maximum absolute atomic E-state index is 5.40. The van der Waals surface area contributed by atoms with E-state index in [2.05, 4.69) is 130 Å². The van der Waals surface area contributed by atoms with Crippen LogP contribution in [0.15, 0.2) is 46.4 Å². The summed E-state index contributed by atoms with van der Waals surface area (Å²) in [6, 6.07) is 13.5. The molecule has 0 bridgehead atoms. The second-order valence-electron chi connectivity index (χ2n) is 13.0. The van der Waals surface area contributed by atoms with Crippen molar-refractivity contribution in [2.45, 2.75) is 91.9 Å². The second-order valence-corrected chi connectivity index (χ2v) is 13.0. The minimum Gasteiger partial charge on any atom is -0.355 e. The highest BCUT2D eigenvalue weighted by Gasteiger charge is 2.28. The van der Waals surface area contributed by atoms with E-state index in [1.807, 2.05) is 0 Å².